The van der Waals surface area contributed by atoms with Gasteiger partial charge in [-0.05, 0) is 5.41 Å². The van der Waals surface area contributed by atoms with Crippen LogP contribution in [0, 0.1) is 5.41 Å². The van der Waals surface area contributed by atoms with Crippen LogP contribution in [0.2, 0.25) is 5.31 Å². The van der Waals surface area contributed by atoms with Crippen molar-refractivity contribution in [3.63, 3.8) is 0 Å². The van der Waals surface area contributed by atoms with E-state index < -0.39 is 24.6 Å². The van der Waals surface area contributed by atoms with Crippen LogP contribution in [0.1, 0.15) is 30.2 Å². The van der Waals surface area contributed by atoms with Crippen LogP contribution in [0.15, 0.2) is 0 Å². The minimum absolute atomic E-state index is 0. The summed E-state index contributed by atoms with van der Waals surface area (Å²) in [5, 5.41) is -1.58. The van der Waals surface area contributed by atoms with Crippen molar-refractivity contribution < 1.29 is 68.4 Å². The van der Waals surface area contributed by atoms with Crippen LogP contribution < -0.4 is 51.4 Å². The Kier molecular flexibility index (Phi) is 1.56. The fourth-order valence-corrected chi connectivity index (χ4v) is 2.21. The van der Waals surface area contributed by atoms with Gasteiger partial charge in [0, 0.05) is 4.11 Å². The molecule has 0 saturated heterocycles. The summed E-state index contributed by atoms with van der Waals surface area (Å²) in [6.45, 7) is -7.04. The van der Waals surface area contributed by atoms with E-state index in [4.69, 9.17) is 4.11 Å². The zero-order chi connectivity index (χ0) is 10.1. The van der Waals surface area contributed by atoms with Gasteiger partial charge in [0.1, 0.15) is 0 Å². The van der Waals surface area contributed by atoms with Gasteiger partial charge in [-0.2, -0.15) is 0 Å². The second kappa shape index (κ2) is 2.50. The van der Waals surface area contributed by atoms with E-state index in [1.165, 1.54) is 0 Å². The Hall–Kier alpha value is 1.49. The van der Waals surface area contributed by atoms with E-state index in [0.717, 1.165) is 0 Å². The average molecular weight is 191 g/mol. The van der Waals surface area contributed by atoms with Crippen molar-refractivity contribution in [1.29, 1.82) is 0 Å². The Morgan fingerprint density at radius 2 is 1.73 bits per heavy atom. The fourth-order valence-electron chi connectivity index (χ4n) is 2.21. The standard InChI is InChI=1S/C6H9BF3.K/c1-5-2-6(3-5,4-5)7(8,9)10;/h2-4H2,1H3;/q-1;+1/i1D3;. The second-order valence-corrected chi connectivity index (χ2v) is 3.75. The molecule has 0 spiro atoms. The van der Waals surface area contributed by atoms with Crippen LogP contribution in [-0.4, -0.2) is 6.98 Å². The van der Waals surface area contributed by atoms with Gasteiger partial charge in [-0.1, -0.05) is 31.4 Å². The smallest absolute Gasteiger partial charge is 0.449 e. The number of hydrogen-bond donors (Lipinski definition) is 0. The molecule has 58 valence electrons. The summed E-state index contributed by atoms with van der Waals surface area (Å²) in [5.41, 5.74) is -0.982. The predicted molar refractivity (Wildman–Crippen MR) is 33.7 cm³/mol. The van der Waals surface area contributed by atoms with Gasteiger partial charge in [0.05, 0.1) is 0 Å². The maximum Gasteiger partial charge on any atom is 1.00 e. The van der Waals surface area contributed by atoms with Crippen molar-refractivity contribution in [1.82, 2.24) is 0 Å². The summed E-state index contributed by atoms with van der Waals surface area (Å²) in [7, 11) is 0. The molecule has 3 saturated carbocycles. The number of halogens is 3. The van der Waals surface area contributed by atoms with Crippen molar-refractivity contribution in [3.05, 3.63) is 0 Å². The van der Waals surface area contributed by atoms with E-state index in [-0.39, 0.29) is 70.6 Å². The molecule has 0 N–H and O–H groups in total. The van der Waals surface area contributed by atoms with E-state index in [9.17, 15) is 12.9 Å². The van der Waals surface area contributed by atoms with Gasteiger partial charge in [0.25, 0.3) is 0 Å². The molecule has 0 aromatic rings. The van der Waals surface area contributed by atoms with E-state index >= 15 is 0 Å². The van der Waals surface area contributed by atoms with Gasteiger partial charge in [-0.25, -0.2) is 0 Å². The Morgan fingerprint density at radius 1 is 1.27 bits per heavy atom. The Morgan fingerprint density at radius 3 is 2.00 bits per heavy atom. The summed E-state index contributed by atoms with van der Waals surface area (Å²) < 4.78 is 58.3. The SMILES string of the molecule is [2H]C([2H])([2H])C12CC([B-](F)(F)F)(C1)C2.[K+]. The van der Waals surface area contributed by atoms with Gasteiger partial charge < -0.3 is 12.9 Å². The fraction of sp³-hybridized carbons (Fsp3) is 1.00. The topological polar surface area (TPSA) is 0 Å². The Labute approximate surface area is 111 Å². The Bertz CT molecular complexity index is 218. The minimum atomic E-state index is -4.84. The van der Waals surface area contributed by atoms with Crippen LogP contribution >= 0.6 is 0 Å². The Balaban J connectivity index is 0.000000980. The van der Waals surface area contributed by atoms with E-state index in [0.29, 0.717) is 0 Å². The molecule has 0 aliphatic heterocycles. The third-order valence-electron chi connectivity index (χ3n) is 2.77. The largest absolute Gasteiger partial charge is 1.00 e. The van der Waals surface area contributed by atoms with Gasteiger partial charge in [0.15, 0.2) is 0 Å². The normalized spacial score (nSPS) is 52.1. The summed E-state index contributed by atoms with van der Waals surface area (Å²) in [4.78, 5) is 0. The molecule has 0 amide bonds. The van der Waals surface area contributed by atoms with Crippen LogP contribution in [0.3, 0.4) is 0 Å². The molecule has 3 fully saturated rings. The third-order valence-corrected chi connectivity index (χ3v) is 2.77. The first-order valence-electron chi connectivity index (χ1n) is 4.81. The maximum absolute atomic E-state index is 12.4. The summed E-state index contributed by atoms with van der Waals surface area (Å²) in [5.74, 6) is 0. The minimum Gasteiger partial charge on any atom is -0.449 e. The molecule has 0 aromatic carbocycles. The van der Waals surface area contributed by atoms with Gasteiger partial charge >= 0.3 is 58.4 Å². The summed E-state index contributed by atoms with van der Waals surface area (Å²) >= 11 is 0. The van der Waals surface area contributed by atoms with Crippen LogP contribution in [-0.2, 0) is 0 Å². The molecular weight excluding hydrogens is 179 g/mol. The van der Waals surface area contributed by atoms with Gasteiger partial charge in [-0.15, -0.1) is 0 Å². The molecule has 0 heterocycles. The van der Waals surface area contributed by atoms with Crippen molar-refractivity contribution in [3.8, 4) is 0 Å². The molecule has 0 unspecified atom stereocenters. The van der Waals surface area contributed by atoms with Crippen molar-refractivity contribution >= 4 is 6.98 Å². The summed E-state index contributed by atoms with van der Waals surface area (Å²) in [6.07, 6.45) is -0.500. The molecule has 3 rings (SSSR count). The average Bonchev–Trinajstić information content (AvgIpc) is 1.41. The van der Waals surface area contributed by atoms with E-state index in [2.05, 4.69) is 0 Å². The number of hydrogen-bond acceptors (Lipinski definition) is 0. The molecule has 3 aliphatic carbocycles. The maximum atomic E-state index is 12.4. The molecule has 2 bridgehead atoms. The molecule has 3 aliphatic rings. The molecule has 5 heteroatoms. The van der Waals surface area contributed by atoms with Crippen LogP contribution in [0.25, 0.3) is 0 Å². The molecule has 0 aromatic heterocycles. The molecule has 0 radical (unpaired) electrons. The molecule has 0 atom stereocenters. The predicted octanol–water partition coefficient (Wildman–Crippen LogP) is -0.218. The first-order valence-corrected chi connectivity index (χ1v) is 3.31. The zero-order valence-electron chi connectivity index (χ0n) is 9.33. The summed E-state index contributed by atoms with van der Waals surface area (Å²) in [6, 6.07) is 0. The first kappa shape index (κ1) is 6.87. The van der Waals surface area contributed by atoms with E-state index in [1.54, 1.807) is 0 Å². The van der Waals surface area contributed by atoms with E-state index in [1.807, 2.05) is 0 Å². The monoisotopic (exact) mass is 191 g/mol. The van der Waals surface area contributed by atoms with Crippen molar-refractivity contribution in [2.75, 3.05) is 0 Å². The van der Waals surface area contributed by atoms with Crippen LogP contribution in [0.5, 0.6) is 0 Å². The quantitative estimate of drug-likeness (QED) is 0.503. The van der Waals surface area contributed by atoms with Gasteiger partial charge in [-0.3, -0.25) is 0 Å². The molecule has 11 heavy (non-hydrogen) atoms. The van der Waals surface area contributed by atoms with Gasteiger partial charge in [0.2, 0.25) is 0 Å². The van der Waals surface area contributed by atoms with Crippen molar-refractivity contribution in [2.45, 2.75) is 31.4 Å². The van der Waals surface area contributed by atoms with Crippen LogP contribution in [0.4, 0.5) is 12.9 Å². The molecular formula is C6H9BF3K. The molecule has 0 nitrogen and oxygen atoms in total. The van der Waals surface area contributed by atoms with Crippen molar-refractivity contribution in [2.24, 2.45) is 5.41 Å². The zero-order valence-corrected chi connectivity index (χ0v) is 9.46. The first-order chi connectivity index (χ1) is 5.62. The third kappa shape index (κ3) is 1.28. The number of rotatable bonds is 1. The second-order valence-electron chi connectivity index (χ2n) is 3.75.